The number of ether oxygens (including phenoxy) is 1. The SMILES string of the molecule is COC(=O)[C@@H]1C[C@H](O)[C@@H](C#N)C1. The normalized spacial score (nSPS) is 34.2. The van der Waals surface area contributed by atoms with Crippen molar-refractivity contribution >= 4 is 5.97 Å². The Morgan fingerprint density at radius 1 is 1.67 bits per heavy atom. The second-order valence-corrected chi connectivity index (χ2v) is 2.99. The first-order valence-electron chi connectivity index (χ1n) is 3.84. The van der Waals surface area contributed by atoms with Crippen LogP contribution in [0.1, 0.15) is 12.8 Å². The third kappa shape index (κ3) is 1.56. The largest absolute Gasteiger partial charge is 0.469 e. The first-order valence-corrected chi connectivity index (χ1v) is 3.84. The van der Waals surface area contributed by atoms with E-state index >= 15 is 0 Å². The minimum absolute atomic E-state index is 0.297. The first kappa shape index (κ1) is 9.01. The lowest BCUT2D eigenvalue weighted by Gasteiger charge is -2.04. The molecule has 0 aliphatic heterocycles. The van der Waals surface area contributed by atoms with Crippen LogP contribution in [0.5, 0.6) is 0 Å². The topological polar surface area (TPSA) is 70.3 Å². The molecule has 1 saturated carbocycles. The molecule has 0 radical (unpaired) electrons. The van der Waals surface area contributed by atoms with Crippen molar-refractivity contribution in [3.05, 3.63) is 0 Å². The monoisotopic (exact) mass is 169 g/mol. The van der Waals surface area contributed by atoms with Crippen molar-refractivity contribution < 1.29 is 14.6 Å². The van der Waals surface area contributed by atoms with Gasteiger partial charge in [-0.3, -0.25) is 4.79 Å². The number of hydrogen-bond acceptors (Lipinski definition) is 4. The number of hydrogen-bond donors (Lipinski definition) is 1. The third-order valence-electron chi connectivity index (χ3n) is 2.23. The Labute approximate surface area is 70.7 Å². The lowest BCUT2D eigenvalue weighted by atomic mass is 10.1. The van der Waals surface area contributed by atoms with Crippen molar-refractivity contribution in [1.82, 2.24) is 0 Å². The van der Waals surface area contributed by atoms with E-state index in [1.807, 2.05) is 6.07 Å². The summed E-state index contributed by atoms with van der Waals surface area (Å²) in [6.07, 6.45) is 0.106. The molecular formula is C8H11NO3. The van der Waals surface area contributed by atoms with E-state index in [0.717, 1.165) is 0 Å². The van der Waals surface area contributed by atoms with E-state index in [2.05, 4.69) is 4.74 Å². The molecule has 1 aliphatic rings. The minimum atomic E-state index is -0.668. The van der Waals surface area contributed by atoms with Crippen LogP contribution in [0.25, 0.3) is 0 Å². The van der Waals surface area contributed by atoms with Crippen LogP contribution in [0.2, 0.25) is 0 Å². The van der Waals surface area contributed by atoms with Gasteiger partial charge in [0.25, 0.3) is 0 Å². The molecule has 1 rings (SSSR count). The number of carbonyl (C=O) groups is 1. The number of aliphatic hydroxyl groups is 1. The van der Waals surface area contributed by atoms with Crippen LogP contribution >= 0.6 is 0 Å². The fourth-order valence-corrected chi connectivity index (χ4v) is 1.51. The summed E-state index contributed by atoms with van der Waals surface area (Å²) in [5.41, 5.74) is 0. The molecule has 0 amide bonds. The summed E-state index contributed by atoms with van der Waals surface area (Å²) in [5.74, 6) is -1.03. The molecular weight excluding hydrogens is 158 g/mol. The van der Waals surface area contributed by atoms with Gasteiger partial charge in [-0.25, -0.2) is 0 Å². The van der Waals surface area contributed by atoms with Crippen LogP contribution in [0, 0.1) is 23.2 Å². The van der Waals surface area contributed by atoms with Gasteiger partial charge in [-0.2, -0.15) is 5.26 Å². The van der Waals surface area contributed by atoms with Crippen LogP contribution < -0.4 is 0 Å². The number of nitriles is 1. The summed E-state index contributed by atoms with van der Waals surface area (Å²) < 4.78 is 4.52. The van der Waals surface area contributed by atoms with E-state index in [9.17, 15) is 9.90 Å². The van der Waals surface area contributed by atoms with Crippen LogP contribution in [0.4, 0.5) is 0 Å². The predicted octanol–water partition coefficient (Wildman–Crippen LogP) is 0.0701. The smallest absolute Gasteiger partial charge is 0.308 e. The third-order valence-corrected chi connectivity index (χ3v) is 2.23. The van der Waals surface area contributed by atoms with E-state index in [1.54, 1.807) is 0 Å². The van der Waals surface area contributed by atoms with E-state index < -0.39 is 12.0 Å². The number of rotatable bonds is 1. The summed E-state index contributed by atoms with van der Waals surface area (Å²) in [5, 5.41) is 17.8. The maximum atomic E-state index is 11.0. The lowest BCUT2D eigenvalue weighted by molar-refractivity contribution is -0.145. The maximum absolute atomic E-state index is 11.0. The van der Waals surface area contributed by atoms with Gasteiger partial charge in [-0.15, -0.1) is 0 Å². The molecule has 4 nitrogen and oxygen atoms in total. The van der Waals surface area contributed by atoms with Gasteiger partial charge in [0, 0.05) is 0 Å². The highest BCUT2D eigenvalue weighted by atomic mass is 16.5. The minimum Gasteiger partial charge on any atom is -0.469 e. The summed E-state index contributed by atoms with van der Waals surface area (Å²) in [6.45, 7) is 0. The Bertz CT molecular complexity index is 221. The number of carbonyl (C=O) groups excluding carboxylic acids is 1. The molecule has 4 heteroatoms. The average molecular weight is 169 g/mol. The van der Waals surface area contributed by atoms with Gasteiger partial charge < -0.3 is 9.84 Å². The Hall–Kier alpha value is -1.08. The van der Waals surface area contributed by atoms with Crippen LogP contribution in [-0.4, -0.2) is 24.3 Å². The molecule has 12 heavy (non-hydrogen) atoms. The zero-order valence-electron chi connectivity index (χ0n) is 6.86. The van der Waals surface area contributed by atoms with Gasteiger partial charge in [-0.1, -0.05) is 0 Å². The Balaban J connectivity index is 2.55. The number of esters is 1. The van der Waals surface area contributed by atoms with Crippen LogP contribution in [-0.2, 0) is 9.53 Å². The van der Waals surface area contributed by atoms with Gasteiger partial charge in [0.05, 0.1) is 31.1 Å². The van der Waals surface area contributed by atoms with Crippen molar-refractivity contribution in [1.29, 1.82) is 5.26 Å². The molecule has 0 saturated heterocycles. The van der Waals surface area contributed by atoms with E-state index in [4.69, 9.17) is 5.26 Å². The predicted molar refractivity (Wildman–Crippen MR) is 39.8 cm³/mol. The van der Waals surface area contributed by atoms with Gasteiger partial charge in [-0.05, 0) is 12.8 Å². The highest BCUT2D eigenvalue weighted by Gasteiger charge is 2.37. The number of nitrogens with zero attached hydrogens (tertiary/aromatic N) is 1. The van der Waals surface area contributed by atoms with Gasteiger partial charge >= 0.3 is 5.97 Å². The molecule has 1 aliphatic carbocycles. The molecule has 1 fully saturated rings. The molecule has 0 bridgehead atoms. The summed E-state index contributed by atoms with van der Waals surface area (Å²) >= 11 is 0. The number of methoxy groups -OCH3 is 1. The zero-order valence-corrected chi connectivity index (χ0v) is 6.86. The van der Waals surface area contributed by atoms with E-state index in [1.165, 1.54) is 7.11 Å². The molecule has 0 heterocycles. The van der Waals surface area contributed by atoms with Gasteiger partial charge in [0.2, 0.25) is 0 Å². The van der Waals surface area contributed by atoms with Crippen molar-refractivity contribution in [2.45, 2.75) is 18.9 Å². The van der Waals surface area contributed by atoms with Crippen molar-refractivity contribution in [2.75, 3.05) is 7.11 Å². The van der Waals surface area contributed by atoms with E-state index in [0.29, 0.717) is 12.8 Å². The zero-order chi connectivity index (χ0) is 9.14. The maximum Gasteiger partial charge on any atom is 0.308 e. The van der Waals surface area contributed by atoms with Crippen molar-refractivity contribution in [2.24, 2.45) is 11.8 Å². The molecule has 3 atom stereocenters. The van der Waals surface area contributed by atoms with Gasteiger partial charge in [0.15, 0.2) is 0 Å². The highest BCUT2D eigenvalue weighted by molar-refractivity contribution is 5.72. The molecule has 0 aromatic rings. The average Bonchev–Trinajstić information content (AvgIpc) is 2.45. The molecule has 1 N–H and O–H groups in total. The summed E-state index contributed by atoms with van der Waals surface area (Å²) in [7, 11) is 1.31. The highest BCUT2D eigenvalue weighted by Crippen LogP contribution is 2.31. The molecule has 0 spiro atoms. The second-order valence-electron chi connectivity index (χ2n) is 2.99. The van der Waals surface area contributed by atoms with Crippen molar-refractivity contribution in [3.63, 3.8) is 0 Å². The first-order chi connectivity index (χ1) is 5.69. The second kappa shape index (κ2) is 3.55. The lowest BCUT2D eigenvalue weighted by Crippen LogP contribution is -2.13. The van der Waals surface area contributed by atoms with Crippen LogP contribution in [0.3, 0.4) is 0 Å². The van der Waals surface area contributed by atoms with Crippen LogP contribution in [0.15, 0.2) is 0 Å². The molecule has 66 valence electrons. The Morgan fingerprint density at radius 2 is 2.33 bits per heavy atom. The van der Waals surface area contributed by atoms with Gasteiger partial charge in [0.1, 0.15) is 0 Å². The number of aliphatic hydroxyl groups excluding tert-OH is 1. The van der Waals surface area contributed by atoms with Crippen molar-refractivity contribution in [3.8, 4) is 6.07 Å². The Morgan fingerprint density at radius 3 is 2.75 bits per heavy atom. The molecule has 0 aromatic carbocycles. The standard InChI is InChI=1S/C8H11NO3/c1-12-8(11)5-2-6(4-9)7(10)3-5/h5-7,10H,2-3H2,1H3/t5-,6+,7-/m0/s1. The fraction of sp³-hybridized carbons (Fsp3) is 0.750. The summed E-state index contributed by atoms with van der Waals surface area (Å²) in [4.78, 5) is 11.0. The van der Waals surface area contributed by atoms with E-state index in [-0.39, 0.29) is 11.9 Å². The fourth-order valence-electron chi connectivity index (χ4n) is 1.51. The Kier molecular flexibility index (Phi) is 2.66. The quantitative estimate of drug-likeness (QED) is 0.564. The molecule has 0 unspecified atom stereocenters. The molecule has 0 aromatic heterocycles. The summed E-state index contributed by atoms with van der Waals surface area (Å²) in [6, 6.07) is 1.96.